The zero-order valence-electron chi connectivity index (χ0n) is 18.1. The minimum absolute atomic E-state index is 0.0149. The smallest absolute Gasteiger partial charge is 0.339 e. The normalized spacial score (nSPS) is 11.7. The van der Waals surface area contributed by atoms with Gasteiger partial charge < -0.3 is 4.18 Å². The third-order valence-electron chi connectivity index (χ3n) is 4.99. The Morgan fingerprint density at radius 1 is 1.06 bits per heavy atom. The summed E-state index contributed by atoms with van der Waals surface area (Å²) in [5.74, 6) is 0.430. The fourth-order valence-corrected chi connectivity index (χ4v) is 4.17. The summed E-state index contributed by atoms with van der Waals surface area (Å²) in [5, 5.41) is 15.7. The van der Waals surface area contributed by atoms with Gasteiger partial charge in [0.15, 0.2) is 0 Å². The van der Waals surface area contributed by atoms with Crippen LogP contribution in [0, 0.1) is 24.0 Å². The van der Waals surface area contributed by atoms with Gasteiger partial charge in [0.25, 0.3) is 11.2 Å². The fraction of sp³-hybridized carbons (Fsp3) is 0.0870. The number of fused-ring (bicyclic) bond motifs is 1. The Labute approximate surface area is 194 Å². The van der Waals surface area contributed by atoms with Crippen LogP contribution in [0.3, 0.4) is 0 Å². The van der Waals surface area contributed by atoms with Crippen molar-refractivity contribution in [3.63, 3.8) is 0 Å². The number of aryl methyl sites for hydroxylation is 2. The Bertz CT molecular complexity index is 1610. The number of hydrogen-bond donors (Lipinski definition) is 0. The first-order valence-electron chi connectivity index (χ1n) is 9.98. The molecule has 0 unspecified atom stereocenters. The summed E-state index contributed by atoms with van der Waals surface area (Å²) in [6, 6.07) is 16.5. The van der Waals surface area contributed by atoms with Crippen molar-refractivity contribution in [3.8, 4) is 5.75 Å². The molecule has 0 bridgehead atoms. The summed E-state index contributed by atoms with van der Waals surface area (Å²) < 4.78 is 31.4. The molecule has 1 heterocycles. The van der Waals surface area contributed by atoms with Gasteiger partial charge in [-0.3, -0.25) is 14.9 Å². The molecule has 0 saturated heterocycles. The molecule has 0 aliphatic carbocycles. The largest absolute Gasteiger partial charge is 0.379 e. The number of nitro groups is 1. The van der Waals surface area contributed by atoms with Crippen molar-refractivity contribution in [3.05, 3.63) is 104 Å². The van der Waals surface area contributed by atoms with Gasteiger partial charge in [-0.1, -0.05) is 18.2 Å². The van der Waals surface area contributed by atoms with Gasteiger partial charge in [0.2, 0.25) is 0 Å². The second-order valence-electron chi connectivity index (χ2n) is 7.35. The first-order chi connectivity index (χ1) is 16.2. The molecule has 10 nitrogen and oxygen atoms in total. The van der Waals surface area contributed by atoms with Crippen LogP contribution in [0.2, 0.25) is 0 Å². The minimum Gasteiger partial charge on any atom is -0.379 e. The van der Waals surface area contributed by atoms with Crippen LogP contribution in [0.4, 0.5) is 5.69 Å². The van der Waals surface area contributed by atoms with Crippen LogP contribution < -0.4 is 9.74 Å². The lowest BCUT2D eigenvalue weighted by atomic mass is 10.2. The zero-order valence-corrected chi connectivity index (χ0v) is 18.9. The van der Waals surface area contributed by atoms with E-state index >= 15 is 0 Å². The maximum atomic E-state index is 12.7. The van der Waals surface area contributed by atoms with Crippen LogP contribution >= 0.6 is 0 Å². The molecule has 0 amide bonds. The molecule has 3 aromatic carbocycles. The van der Waals surface area contributed by atoms with E-state index < -0.39 is 15.0 Å². The van der Waals surface area contributed by atoms with Gasteiger partial charge in [0.1, 0.15) is 16.5 Å². The highest BCUT2D eigenvalue weighted by molar-refractivity contribution is 7.87. The summed E-state index contributed by atoms with van der Waals surface area (Å²) >= 11 is 0. The van der Waals surface area contributed by atoms with Crippen molar-refractivity contribution in [1.29, 1.82) is 0 Å². The van der Waals surface area contributed by atoms with Crippen molar-refractivity contribution in [2.45, 2.75) is 18.7 Å². The van der Waals surface area contributed by atoms with E-state index in [0.717, 1.165) is 6.07 Å². The van der Waals surface area contributed by atoms with Crippen LogP contribution in [0.25, 0.3) is 10.9 Å². The molecule has 0 saturated carbocycles. The van der Waals surface area contributed by atoms with Gasteiger partial charge >= 0.3 is 10.1 Å². The number of rotatable bonds is 6. The zero-order chi connectivity index (χ0) is 24.5. The molecule has 0 radical (unpaired) electrons. The average Bonchev–Trinajstić information content (AvgIpc) is 2.79. The lowest BCUT2D eigenvalue weighted by molar-refractivity contribution is -0.385. The molecule has 172 valence electrons. The van der Waals surface area contributed by atoms with Crippen LogP contribution in [0.1, 0.15) is 17.0 Å². The third-order valence-corrected chi connectivity index (χ3v) is 6.23. The Morgan fingerprint density at radius 2 is 1.76 bits per heavy atom. The molecule has 0 spiro atoms. The van der Waals surface area contributed by atoms with Crippen molar-refractivity contribution >= 4 is 32.9 Å². The van der Waals surface area contributed by atoms with Gasteiger partial charge in [-0.25, -0.2) is 4.98 Å². The summed E-state index contributed by atoms with van der Waals surface area (Å²) in [6.45, 7) is 3.18. The third kappa shape index (κ3) is 4.55. The molecule has 34 heavy (non-hydrogen) atoms. The molecule has 0 aliphatic rings. The number of para-hydroxylation sites is 1. The predicted octanol–water partition coefficient (Wildman–Crippen LogP) is 3.57. The van der Waals surface area contributed by atoms with E-state index in [1.165, 1.54) is 42.1 Å². The van der Waals surface area contributed by atoms with E-state index in [1.807, 2.05) is 0 Å². The van der Waals surface area contributed by atoms with Gasteiger partial charge in [-0.05, 0) is 61.9 Å². The maximum absolute atomic E-state index is 12.7. The summed E-state index contributed by atoms with van der Waals surface area (Å²) in [5.41, 5.74) is 0.874. The Morgan fingerprint density at radius 3 is 2.47 bits per heavy atom. The summed E-state index contributed by atoms with van der Waals surface area (Å²) in [6.07, 6.45) is 1.44. The highest BCUT2D eigenvalue weighted by Gasteiger charge is 2.21. The summed E-state index contributed by atoms with van der Waals surface area (Å²) in [7, 11) is -4.28. The van der Waals surface area contributed by atoms with E-state index in [2.05, 4.69) is 10.1 Å². The van der Waals surface area contributed by atoms with Crippen LogP contribution in [0.5, 0.6) is 5.75 Å². The van der Waals surface area contributed by atoms with E-state index in [4.69, 9.17) is 4.18 Å². The van der Waals surface area contributed by atoms with Crippen molar-refractivity contribution < 1.29 is 17.5 Å². The monoisotopic (exact) mass is 478 g/mol. The van der Waals surface area contributed by atoms with Crippen molar-refractivity contribution in [1.82, 2.24) is 9.66 Å². The van der Waals surface area contributed by atoms with Gasteiger partial charge in [-0.15, -0.1) is 0 Å². The Balaban J connectivity index is 1.56. The topological polar surface area (TPSA) is 134 Å². The van der Waals surface area contributed by atoms with E-state index in [1.54, 1.807) is 43.3 Å². The van der Waals surface area contributed by atoms with Crippen LogP contribution in [-0.2, 0) is 10.1 Å². The second kappa shape index (κ2) is 8.87. The molecular weight excluding hydrogens is 460 g/mol. The lowest BCUT2D eigenvalue weighted by Crippen LogP contribution is -2.20. The lowest BCUT2D eigenvalue weighted by Gasteiger charge is -2.08. The first kappa shape index (κ1) is 22.8. The quantitative estimate of drug-likeness (QED) is 0.179. The average molecular weight is 478 g/mol. The number of benzene rings is 3. The SMILES string of the molecule is Cc1ccc(S(=O)(=O)Oc2ccc(/C=N/n3c(C)nc4ccccc4c3=O)cc2)cc1[N+](=O)[O-]. The van der Waals surface area contributed by atoms with Crippen LogP contribution in [-0.4, -0.2) is 29.2 Å². The molecule has 11 heteroatoms. The van der Waals surface area contributed by atoms with E-state index in [9.17, 15) is 23.3 Å². The van der Waals surface area contributed by atoms with Gasteiger partial charge in [0.05, 0.1) is 22.0 Å². The van der Waals surface area contributed by atoms with Gasteiger partial charge in [0, 0.05) is 11.6 Å². The molecular formula is C23H18N4O6S. The van der Waals surface area contributed by atoms with E-state index in [-0.39, 0.29) is 21.9 Å². The molecule has 0 atom stereocenters. The van der Waals surface area contributed by atoms with Crippen molar-refractivity contribution in [2.24, 2.45) is 5.10 Å². The number of nitro benzene ring substituents is 1. The Kier molecular flexibility index (Phi) is 5.95. The Hall–Kier alpha value is -4.38. The summed E-state index contributed by atoms with van der Waals surface area (Å²) in [4.78, 5) is 27.2. The molecule has 0 aliphatic heterocycles. The predicted molar refractivity (Wildman–Crippen MR) is 126 cm³/mol. The molecule has 0 N–H and O–H groups in total. The maximum Gasteiger partial charge on any atom is 0.339 e. The molecule has 4 rings (SSSR count). The number of aromatic nitrogens is 2. The number of nitrogens with zero attached hydrogens (tertiary/aromatic N) is 4. The van der Waals surface area contributed by atoms with Crippen LogP contribution in [0.15, 0.2) is 81.5 Å². The molecule has 4 aromatic rings. The minimum atomic E-state index is -4.28. The number of hydrogen-bond acceptors (Lipinski definition) is 8. The highest BCUT2D eigenvalue weighted by Crippen LogP contribution is 2.25. The second-order valence-corrected chi connectivity index (χ2v) is 8.90. The first-order valence-corrected chi connectivity index (χ1v) is 11.4. The standard InChI is InChI=1S/C23H18N4O6S/c1-15-7-12-19(13-22(15)27(29)30)34(31,32)33-18-10-8-17(9-11-18)14-24-26-16(2)25-21-6-4-3-5-20(21)23(26)28/h3-14H,1-2H3/b24-14+. The molecule has 1 aromatic heterocycles. The highest BCUT2D eigenvalue weighted by atomic mass is 32.2. The van der Waals surface area contributed by atoms with Crippen molar-refractivity contribution in [2.75, 3.05) is 0 Å². The molecule has 0 fully saturated rings. The van der Waals surface area contributed by atoms with Gasteiger partial charge in [-0.2, -0.15) is 18.2 Å². The van der Waals surface area contributed by atoms with E-state index in [0.29, 0.717) is 27.9 Å². The fourth-order valence-electron chi connectivity index (χ4n) is 3.22.